The summed E-state index contributed by atoms with van der Waals surface area (Å²) in [4.78, 5) is 0. The molecular weight excluding hydrogens is 288 g/mol. The molecule has 3 nitrogen and oxygen atoms in total. The monoisotopic (exact) mass is 302 g/mol. The first-order valence-electron chi connectivity index (χ1n) is 5.47. The largest absolute Gasteiger partial charge is 0.479 e. The minimum Gasteiger partial charge on any atom is -0.479 e. The molecule has 0 amide bonds. The quantitative estimate of drug-likeness (QED) is 0.859. The van der Waals surface area contributed by atoms with Crippen molar-refractivity contribution in [2.24, 2.45) is 0 Å². The molecule has 0 aromatic carbocycles. The smallest absolute Gasteiger partial charge is 0.247 e. The lowest BCUT2D eigenvalue weighted by atomic mass is 10.1. The first-order chi connectivity index (χ1) is 7.79. The Morgan fingerprint density at radius 1 is 1.50 bits per heavy atom. The molecule has 1 aromatic rings. The van der Waals surface area contributed by atoms with Crippen molar-refractivity contribution in [1.29, 1.82) is 0 Å². The number of ether oxygens (including phenoxy) is 1. The maximum Gasteiger partial charge on any atom is 0.247 e. The van der Waals surface area contributed by atoms with Crippen LogP contribution in [0.5, 0.6) is 5.88 Å². The highest BCUT2D eigenvalue weighted by Gasteiger charge is 2.16. The Hall–Kier alpha value is -0.290. The molecule has 0 radical (unpaired) electrons. The van der Waals surface area contributed by atoms with Crippen LogP contribution in [0.15, 0.2) is 10.5 Å². The van der Waals surface area contributed by atoms with Crippen LogP contribution >= 0.6 is 27.7 Å². The van der Waals surface area contributed by atoms with E-state index in [0.29, 0.717) is 11.1 Å². The summed E-state index contributed by atoms with van der Waals surface area (Å²) in [6.45, 7) is 0. The van der Waals surface area contributed by atoms with Crippen molar-refractivity contribution in [3.8, 4) is 5.88 Å². The average molecular weight is 303 g/mol. The first-order valence-corrected chi connectivity index (χ1v) is 7.31. The maximum atomic E-state index is 5.06. The summed E-state index contributed by atoms with van der Waals surface area (Å²) < 4.78 is 5.95. The summed E-state index contributed by atoms with van der Waals surface area (Å²) in [6.07, 6.45) is 5.03. The third kappa shape index (κ3) is 3.10. The number of rotatable bonds is 3. The first kappa shape index (κ1) is 12.2. The molecule has 0 bridgehead atoms. The van der Waals surface area contributed by atoms with E-state index < -0.39 is 0 Å². The van der Waals surface area contributed by atoms with E-state index in [4.69, 9.17) is 4.74 Å². The van der Waals surface area contributed by atoms with E-state index in [1.54, 1.807) is 7.11 Å². The zero-order valence-electron chi connectivity index (χ0n) is 9.28. The second kappa shape index (κ2) is 5.87. The molecule has 2 heterocycles. The van der Waals surface area contributed by atoms with Crippen LogP contribution in [-0.2, 0) is 6.42 Å². The third-order valence-corrected chi connectivity index (χ3v) is 4.64. The van der Waals surface area contributed by atoms with Crippen LogP contribution in [0.1, 0.15) is 25.0 Å². The van der Waals surface area contributed by atoms with Gasteiger partial charge in [0.2, 0.25) is 5.88 Å². The Morgan fingerprint density at radius 2 is 2.38 bits per heavy atom. The average Bonchev–Trinajstić information content (AvgIpc) is 2.31. The number of nitrogens with zero attached hydrogens (tertiary/aromatic N) is 2. The summed E-state index contributed by atoms with van der Waals surface area (Å²) in [5.74, 6) is 1.84. The number of thioether (sulfide) groups is 1. The van der Waals surface area contributed by atoms with Crippen molar-refractivity contribution in [2.45, 2.75) is 30.9 Å². The Balaban J connectivity index is 2.01. The van der Waals surface area contributed by atoms with Crippen molar-refractivity contribution in [3.05, 3.63) is 16.2 Å². The number of hydrogen-bond donors (Lipinski definition) is 0. The molecule has 88 valence electrons. The number of aromatic nitrogens is 2. The van der Waals surface area contributed by atoms with Crippen LogP contribution in [0, 0.1) is 0 Å². The summed E-state index contributed by atoms with van der Waals surface area (Å²) in [7, 11) is 1.60. The van der Waals surface area contributed by atoms with Gasteiger partial charge in [-0.25, -0.2) is 0 Å². The molecule has 0 saturated carbocycles. The third-order valence-electron chi connectivity index (χ3n) is 2.67. The van der Waals surface area contributed by atoms with Gasteiger partial charge in [-0.3, -0.25) is 0 Å². The van der Waals surface area contributed by atoms with Gasteiger partial charge in [-0.1, -0.05) is 6.42 Å². The molecule has 16 heavy (non-hydrogen) atoms. The predicted octanol–water partition coefficient (Wildman–Crippen LogP) is 3.08. The normalized spacial score (nSPS) is 20.8. The summed E-state index contributed by atoms with van der Waals surface area (Å²) >= 11 is 5.50. The lowest BCUT2D eigenvalue weighted by molar-refractivity contribution is 0.388. The molecular formula is C11H15BrN2OS. The van der Waals surface area contributed by atoms with Crippen LogP contribution in [0.2, 0.25) is 0 Å². The van der Waals surface area contributed by atoms with Crippen LogP contribution in [-0.4, -0.2) is 28.3 Å². The fraction of sp³-hybridized carbons (Fsp3) is 0.636. The highest BCUT2D eigenvalue weighted by molar-refractivity contribution is 9.10. The van der Waals surface area contributed by atoms with Gasteiger partial charge in [0.05, 0.1) is 17.3 Å². The highest BCUT2D eigenvalue weighted by atomic mass is 79.9. The fourth-order valence-electron chi connectivity index (χ4n) is 1.83. The van der Waals surface area contributed by atoms with E-state index in [2.05, 4.69) is 37.9 Å². The molecule has 5 heteroatoms. The van der Waals surface area contributed by atoms with Gasteiger partial charge >= 0.3 is 0 Å². The highest BCUT2D eigenvalue weighted by Crippen LogP contribution is 2.29. The minimum atomic E-state index is 0.556. The Labute approximate surface area is 108 Å². The molecule has 1 aliphatic rings. The molecule has 1 atom stereocenters. The van der Waals surface area contributed by atoms with Gasteiger partial charge in [-0.05, 0) is 40.6 Å². The Morgan fingerprint density at radius 3 is 3.00 bits per heavy atom. The molecule has 2 rings (SSSR count). The summed E-state index contributed by atoms with van der Waals surface area (Å²) in [6, 6.07) is 2.01. The second-order valence-electron chi connectivity index (χ2n) is 3.89. The second-order valence-corrected chi connectivity index (χ2v) is 6.15. The van der Waals surface area contributed by atoms with Gasteiger partial charge in [0, 0.05) is 11.7 Å². The Kier molecular flexibility index (Phi) is 4.46. The molecule has 1 aromatic heterocycles. The van der Waals surface area contributed by atoms with Crippen LogP contribution in [0.25, 0.3) is 0 Å². The van der Waals surface area contributed by atoms with Gasteiger partial charge in [0.1, 0.15) is 0 Å². The van der Waals surface area contributed by atoms with Crippen molar-refractivity contribution in [3.63, 3.8) is 0 Å². The molecule has 0 N–H and O–H groups in total. The Bertz CT molecular complexity index is 356. The van der Waals surface area contributed by atoms with Gasteiger partial charge in [-0.2, -0.15) is 16.9 Å². The lowest BCUT2D eigenvalue weighted by Gasteiger charge is -2.20. The molecule has 1 unspecified atom stereocenters. The molecule has 1 aliphatic heterocycles. The van der Waals surface area contributed by atoms with Crippen molar-refractivity contribution >= 4 is 27.7 Å². The molecule has 1 saturated heterocycles. The number of hydrogen-bond acceptors (Lipinski definition) is 4. The van der Waals surface area contributed by atoms with E-state index in [1.807, 2.05) is 6.07 Å². The lowest BCUT2D eigenvalue weighted by Crippen LogP contribution is -2.13. The minimum absolute atomic E-state index is 0.556. The summed E-state index contributed by atoms with van der Waals surface area (Å²) in [5.41, 5.74) is 1.05. The zero-order valence-corrected chi connectivity index (χ0v) is 11.7. The maximum absolute atomic E-state index is 5.06. The molecule has 0 aliphatic carbocycles. The van der Waals surface area contributed by atoms with E-state index in [-0.39, 0.29) is 0 Å². The topological polar surface area (TPSA) is 35.0 Å². The van der Waals surface area contributed by atoms with Crippen molar-refractivity contribution < 1.29 is 4.74 Å². The van der Waals surface area contributed by atoms with Crippen LogP contribution in [0.3, 0.4) is 0 Å². The van der Waals surface area contributed by atoms with Gasteiger partial charge in [0.25, 0.3) is 0 Å². The fourth-order valence-corrected chi connectivity index (χ4v) is 3.67. The number of methoxy groups -OCH3 is 1. The zero-order chi connectivity index (χ0) is 11.4. The van der Waals surface area contributed by atoms with E-state index >= 15 is 0 Å². The van der Waals surface area contributed by atoms with Gasteiger partial charge in [-0.15, -0.1) is 5.10 Å². The molecule has 1 fully saturated rings. The van der Waals surface area contributed by atoms with Crippen molar-refractivity contribution in [1.82, 2.24) is 10.2 Å². The SMILES string of the molecule is COc1nnc(CC2CCCCS2)cc1Br. The van der Waals surface area contributed by atoms with E-state index in [0.717, 1.165) is 16.6 Å². The van der Waals surface area contributed by atoms with E-state index in [9.17, 15) is 0 Å². The predicted molar refractivity (Wildman–Crippen MR) is 70.1 cm³/mol. The van der Waals surface area contributed by atoms with Crippen molar-refractivity contribution in [2.75, 3.05) is 12.9 Å². The van der Waals surface area contributed by atoms with Gasteiger partial charge in [0.15, 0.2) is 0 Å². The summed E-state index contributed by atoms with van der Waals surface area (Å²) in [5, 5.41) is 8.93. The van der Waals surface area contributed by atoms with Crippen LogP contribution in [0.4, 0.5) is 0 Å². The molecule has 0 spiro atoms. The number of halogens is 1. The van der Waals surface area contributed by atoms with Crippen LogP contribution < -0.4 is 4.74 Å². The van der Waals surface area contributed by atoms with Gasteiger partial charge < -0.3 is 4.74 Å². The standard InChI is InChI=1S/C11H15BrN2OS/c1-15-11-10(12)7-8(13-14-11)6-9-4-2-3-5-16-9/h7,9H,2-6H2,1H3. The van der Waals surface area contributed by atoms with E-state index in [1.165, 1.54) is 25.0 Å².